The van der Waals surface area contributed by atoms with Crippen molar-refractivity contribution in [2.24, 2.45) is 0 Å². The van der Waals surface area contributed by atoms with Crippen molar-refractivity contribution in [1.29, 1.82) is 5.26 Å². The molecule has 1 fully saturated rings. The third kappa shape index (κ3) is 4.13. The number of nitrogens with zero attached hydrogens (tertiary/aromatic N) is 4. The minimum Gasteiger partial charge on any atom is -0.478 e. The van der Waals surface area contributed by atoms with Crippen LogP contribution >= 0.6 is 0 Å². The molecule has 1 saturated heterocycles. The molecule has 2 aromatic carbocycles. The van der Waals surface area contributed by atoms with Crippen molar-refractivity contribution in [3.05, 3.63) is 58.8 Å². The van der Waals surface area contributed by atoms with Gasteiger partial charge in [-0.3, -0.25) is 0 Å². The van der Waals surface area contributed by atoms with Gasteiger partial charge in [0.15, 0.2) is 11.5 Å². The zero-order valence-corrected chi connectivity index (χ0v) is 17.4. The van der Waals surface area contributed by atoms with Crippen molar-refractivity contribution in [2.45, 2.75) is 19.9 Å². The van der Waals surface area contributed by atoms with Crippen molar-refractivity contribution in [3.8, 4) is 6.07 Å². The molecule has 2 N–H and O–H groups in total. The molecule has 158 valence electrons. The number of anilines is 2. The highest BCUT2D eigenvalue weighted by Crippen LogP contribution is 2.30. The summed E-state index contributed by atoms with van der Waals surface area (Å²) in [5, 5.41) is 22.5. The van der Waals surface area contributed by atoms with E-state index in [-0.39, 0.29) is 11.6 Å². The zero-order valence-electron chi connectivity index (χ0n) is 17.4. The molecule has 0 amide bonds. The van der Waals surface area contributed by atoms with Gasteiger partial charge in [0.05, 0.1) is 35.9 Å². The number of morpholine rings is 1. The fourth-order valence-corrected chi connectivity index (χ4v) is 3.83. The number of aryl methyl sites for hydroxylation is 1. The van der Waals surface area contributed by atoms with Crippen LogP contribution < -0.4 is 10.2 Å². The van der Waals surface area contributed by atoms with Gasteiger partial charge in [0, 0.05) is 24.3 Å². The number of carboxylic acid groups (broad SMARTS) is 1. The van der Waals surface area contributed by atoms with Crippen LogP contribution in [0.15, 0.2) is 36.4 Å². The number of fused-ring (bicyclic) bond motifs is 1. The first-order valence-electron chi connectivity index (χ1n) is 10.1. The van der Waals surface area contributed by atoms with Gasteiger partial charge in [-0.2, -0.15) is 5.26 Å². The molecular formula is C23H23N5O3. The molecule has 2 heterocycles. The first-order chi connectivity index (χ1) is 15.0. The second kappa shape index (κ2) is 8.58. The molecule has 1 unspecified atom stereocenters. The molecule has 0 saturated carbocycles. The summed E-state index contributed by atoms with van der Waals surface area (Å²) in [7, 11) is 0. The van der Waals surface area contributed by atoms with Crippen molar-refractivity contribution in [1.82, 2.24) is 9.97 Å². The Labute approximate surface area is 180 Å². The lowest BCUT2D eigenvalue weighted by Crippen LogP contribution is -2.37. The number of para-hydroxylation sites is 1. The summed E-state index contributed by atoms with van der Waals surface area (Å²) in [5.74, 6) is -0.431. The van der Waals surface area contributed by atoms with E-state index in [1.807, 2.05) is 30.9 Å². The number of rotatable bonds is 5. The maximum Gasteiger partial charge on any atom is 0.337 e. The van der Waals surface area contributed by atoms with Crippen LogP contribution in [0.2, 0.25) is 0 Å². The highest BCUT2D eigenvalue weighted by Gasteiger charge is 2.21. The Hall–Kier alpha value is -3.70. The Bertz CT molecular complexity index is 1180. The molecule has 8 heteroatoms. The maximum absolute atomic E-state index is 11.6. The predicted octanol–water partition coefficient (Wildman–Crippen LogP) is 3.52. The quantitative estimate of drug-likeness (QED) is 0.649. The minimum atomic E-state index is -0.988. The molecule has 0 radical (unpaired) electrons. The predicted molar refractivity (Wildman–Crippen MR) is 117 cm³/mol. The lowest BCUT2D eigenvalue weighted by atomic mass is 10.0. The van der Waals surface area contributed by atoms with E-state index in [4.69, 9.17) is 9.72 Å². The Morgan fingerprint density at radius 2 is 2.00 bits per heavy atom. The van der Waals surface area contributed by atoms with Gasteiger partial charge in [0.25, 0.3) is 0 Å². The fraction of sp³-hybridized carbons (Fsp3) is 0.304. The van der Waals surface area contributed by atoms with Crippen LogP contribution in [0.4, 0.5) is 11.5 Å². The molecule has 3 aromatic rings. The standard InChI is InChI=1S/C23H23N5O3/c1-14-11-17(15(2)25-18-6-4-3-5-16(18)23(29)30)21-19(12-14)26-20(13-24)22(27-21)28-7-9-31-10-8-28/h3-6,11-12,15,25H,7-10H2,1-2H3,(H,29,30). The van der Waals surface area contributed by atoms with Gasteiger partial charge >= 0.3 is 5.97 Å². The van der Waals surface area contributed by atoms with Crippen LogP contribution in [0.25, 0.3) is 11.0 Å². The van der Waals surface area contributed by atoms with Crippen molar-refractivity contribution in [3.63, 3.8) is 0 Å². The third-order valence-electron chi connectivity index (χ3n) is 5.34. The monoisotopic (exact) mass is 417 g/mol. The van der Waals surface area contributed by atoms with Crippen LogP contribution in [-0.4, -0.2) is 47.3 Å². The topological polar surface area (TPSA) is 111 Å². The normalized spacial score (nSPS) is 14.8. The van der Waals surface area contributed by atoms with E-state index in [0.717, 1.165) is 11.1 Å². The van der Waals surface area contributed by atoms with E-state index in [9.17, 15) is 15.2 Å². The van der Waals surface area contributed by atoms with Crippen LogP contribution in [0.5, 0.6) is 0 Å². The molecular weight excluding hydrogens is 394 g/mol. The molecule has 31 heavy (non-hydrogen) atoms. The van der Waals surface area contributed by atoms with Crippen LogP contribution in [0, 0.1) is 18.3 Å². The van der Waals surface area contributed by atoms with Gasteiger partial charge in [-0.25, -0.2) is 14.8 Å². The molecule has 1 aliphatic rings. The molecule has 1 aromatic heterocycles. The Balaban J connectivity index is 1.80. The highest BCUT2D eigenvalue weighted by atomic mass is 16.5. The Morgan fingerprint density at radius 3 is 2.71 bits per heavy atom. The summed E-state index contributed by atoms with van der Waals surface area (Å²) in [6.45, 7) is 6.38. The number of carbonyl (C=O) groups is 1. The second-order valence-electron chi connectivity index (χ2n) is 7.55. The van der Waals surface area contributed by atoms with Crippen LogP contribution in [0.3, 0.4) is 0 Å². The average Bonchev–Trinajstić information content (AvgIpc) is 2.78. The minimum absolute atomic E-state index is 0.207. The van der Waals surface area contributed by atoms with E-state index in [1.54, 1.807) is 24.3 Å². The molecule has 0 aliphatic carbocycles. The number of hydrogen-bond acceptors (Lipinski definition) is 7. The van der Waals surface area contributed by atoms with Gasteiger partial charge in [-0.1, -0.05) is 18.2 Å². The lowest BCUT2D eigenvalue weighted by molar-refractivity contribution is 0.0698. The summed E-state index contributed by atoms with van der Waals surface area (Å²) in [4.78, 5) is 23.1. The van der Waals surface area contributed by atoms with E-state index in [2.05, 4.69) is 16.4 Å². The number of aromatic nitrogens is 2. The number of aromatic carboxylic acids is 1. The summed E-state index contributed by atoms with van der Waals surface area (Å²) in [6, 6.07) is 12.7. The maximum atomic E-state index is 11.6. The van der Waals surface area contributed by atoms with E-state index in [0.29, 0.717) is 54.5 Å². The van der Waals surface area contributed by atoms with Crippen molar-refractivity contribution < 1.29 is 14.6 Å². The molecule has 8 nitrogen and oxygen atoms in total. The fourth-order valence-electron chi connectivity index (χ4n) is 3.83. The van der Waals surface area contributed by atoms with Crippen LogP contribution in [0.1, 0.15) is 40.1 Å². The van der Waals surface area contributed by atoms with Gasteiger partial charge in [-0.05, 0) is 37.6 Å². The van der Waals surface area contributed by atoms with Gasteiger partial charge < -0.3 is 20.1 Å². The largest absolute Gasteiger partial charge is 0.478 e. The number of nitrogens with one attached hydrogen (secondary N) is 1. The molecule has 4 rings (SSSR count). The third-order valence-corrected chi connectivity index (χ3v) is 5.34. The summed E-state index contributed by atoms with van der Waals surface area (Å²) in [6.07, 6.45) is 0. The zero-order chi connectivity index (χ0) is 22.0. The Kier molecular flexibility index (Phi) is 5.69. The van der Waals surface area contributed by atoms with Gasteiger partial charge in [-0.15, -0.1) is 0 Å². The second-order valence-corrected chi connectivity index (χ2v) is 7.55. The first kappa shape index (κ1) is 20.6. The number of nitriles is 1. The Morgan fingerprint density at radius 1 is 1.26 bits per heavy atom. The molecule has 0 spiro atoms. The van der Waals surface area contributed by atoms with Crippen LogP contribution in [-0.2, 0) is 4.74 Å². The highest BCUT2D eigenvalue weighted by molar-refractivity contribution is 5.94. The van der Waals surface area contributed by atoms with Crippen molar-refractivity contribution >= 4 is 28.5 Å². The SMILES string of the molecule is Cc1cc(C(C)Nc2ccccc2C(=O)O)c2nc(N3CCOCC3)c(C#N)nc2c1. The summed E-state index contributed by atoms with van der Waals surface area (Å²) >= 11 is 0. The number of hydrogen-bond donors (Lipinski definition) is 2. The molecule has 1 aliphatic heterocycles. The van der Waals surface area contributed by atoms with E-state index < -0.39 is 5.97 Å². The van der Waals surface area contributed by atoms with Gasteiger partial charge in [0.1, 0.15) is 6.07 Å². The number of benzene rings is 2. The van der Waals surface area contributed by atoms with E-state index in [1.165, 1.54) is 0 Å². The lowest BCUT2D eigenvalue weighted by Gasteiger charge is -2.28. The van der Waals surface area contributed by atoms with E-state index >= 15 is 0 Å². The number of ether oxygens (including phenoxy) is 1. The molecule has 0 bridgehead atoms. The molecule has 1 atom stereocenters. The smallest absolute Gasteiger partial charge is 0.337 e. The average molecular weight is 417 g/mol. The van der Waals surface area contributed by atoms with Crippen molar-refractivity contribution in [2.75, 3.05) is 36.5 Å². The van der Waals surface area contributed by atoms with Gasteiger partial charge in [0.2, 0.25) is 0 Å². The first-order valence-corrected chi connectivity index (χ1v) is 10.1. The summed E-state index contributed by atoms with van der Waals surface area (Å²) < 4.78 is 5.43. The summed E-state index contributed by atoms with van der Waals surface area (Å²) in [5.41, 5.74) is 4.25. The number of carboxylic acids is 1.